The highest BCUT2D eigenvalue weighted by Gasteiger charge is 2.25. The number of rotatable bonds is 7. The Hall–Kier alpha value is -3.17. The van der Waals surface area contributed by atoms with Crippen LogP contribution < -0.4 is 10.9 Å². The number of hydrazine groups is 1. The number of nitrogens with one attached hydrogen (secondary N) is 3. The summed E-state index contributed by atoms with van der Waals surface area (Å²) in [6.07, 6.45) is 5.41. The minimum Gasteiger partial charge on any atom is -0.361 e. The SMILES string of the molecule is O=C(CCc1ccc(S(=O)(=O)N2CCCCC2)cc1)NNC(=O)Cc1c[nH]c2ccccc12. The van der Waals surface area contributed by atoms with Crippen LogP contribution in [0.1, 0.15) is 36.8 Å². The van der Waals surface area contributed by atoms with E-state index < -0.39 is 10.0 Å². The van der Waals surface area contributed by atoms with Gasteiger partial charge in [-0.2, -0.15) is 4.31 Å². The van der Waals surface area contributed by atoms with Gasteiger partial charge in [0, 0.05) is 36.6 Å². The first-order valence-electron chi connectivity index (χ1n) is 11.2. The Bertz CT molecular complexity index is 1230. The lowest BCUT2D eigenvalue weighted by Crippen LogP contribution is -2.42. The molecule has 2 heterocycles. The molecule has 8 nitrogen and oxygen atoms in total. The molecule has 3 N–H and O–H groups in total. The van der Waals surface area contributed by atoms with Crippen LogP contribution in [0.4, 0.5) is 0 Å². The Morgan fingerprint density at radius 2 is 1.61 bits per heavy atom. The minimum absolute atomic E-state index is 0.150. The van der Waals surface area contributed by atoms with E-state index in [1.54, 1.807) is 30.5 Å². The van der Waals surface area contributed by atoms with Crippen LogP contribution in [0.15, 0.2) is 59.6 Å². The van der Waals surface area contributed by atoms with E-state index in [4.69, 9.17) is 0 Å². The zero-order valence-corrected chi connectivity index (χ0v) is 19.2. The van der Waals surface area contributed by atoms with Crippen molar-refractivity contribution in [2.24, 2.45) is 0 Å². The normalized spacial score (nSPS) is 14.8. The third kappa shape index (κ3) is 5.61. The van der Waals surface area contributed by atoms with Gasteiger partial charge in [0.15, 0.2) is 0 Å². The molecular formula is C24H28N4O4S. The molecule has 1 saturated heterocycles. The highest BCUT2D eigenvalue weighted by atomic mass is 32.2. The second-order valence-electron chi connectivity index (χ2n) is 8.24. The molecule has 0 atom stereocenters. The van der Waals surface area contributed by atoms with Crippen LogP contribution in [-0.2, 0) is 32.5 Å². The maximum atomic E-state index is 12.7. The molecule has 0 radical (unpaired) electrons. The van der Waals surface area contributed by atoms with E-state index in [0.717, 1.165) is 41.3 Å². The third-order valence-electron chi connectivity index (χ3n) is 5.88. The Morgan fingerprint density at radius 3 is 2.36 bits per heavy atom. The monoisotopic (exact) mass is 468 g/mol. The fourth-order valence-corrected chi connectivity index (χ4v) is 5.55. The standard InChI is InChI=1S/C24H28N4O4S/c29-23(26-27-24(30)16-19-17-25-22-7-3-2-6-21(19)22)13-10-18-8-11-20(12-9-18)33(31,32)28-14-4-1-5-15-28/h2-3,6-9,11-12,17,25H,1,4-5,10,13-16H2,(H,26,29)(H,27,30). The van der Waals surface area contributed by atoms with Crippen molar-refractivity contribution in [1.29, 1.82) is 0 Å². The second kappa shape index (κ2) is 10.2. The summed E-state index contributed by atoms with van der Waals surface area (Å²) in [5, 5.41) is 0.977. The molecule has 3 aromatic rings. The van der Waals surface area contributed by atoms with Gasteiger partial charge in [0.05, 0.1) is 11.3 Å². The Kier molecular flexibility index (Phi) is 7.10. The molecule has 4 rings (SSSR count). The largest absolute Gasteiger partial charge is 0.361 e. The fourth-order valence-electron chi connectivity index (χ4n) is 4.04. The van der Waals surface area contributed by atoms with Crippen LogP contribution in [0.5, 0.6) is 0 Å². The lowest BCUT2D eigenvalue weighted by molar-refractivity contribution is -0.128. The molecule has 9 heteroatoms. The summed E-state index contributed by atoms with van der Waals surface area (Å²) in [6.45, 7) is 1.13. The molecule has 174 valence electrons. The summed E-state index contributed by atoms with van der Waals surface area (Å²) >= 11 is 0. The van der Waals surface area contributed by atoms with E-state index in [2.05, 4.69) is 15.8 Å². The number of amides is 2. The van der Waals surface area contributed by atoms with Gasteiger partial charge in [-0.1, -0.05) is 36.8 Å². The molecule has 1 fully saturated rings. The molecular weight excluding hydrogens is 440 g/mol. The van der Waals surface area contributed by atoms with E-state index in [1.807, 2.05) is 24.3 Å². The number of hydrogen-bond donors (Lipinski definition) is 3. The van der Waals surface area contributed by atoms with Gasteiger partial charge in [0.2, 0.25) is 21.8 Å². The molecule has 0 spiro atoms. The number of carbonyl (C=O) groups is 2. The van der Waals surface area contributed by atoms with Gasteiger partial charge in [-0.05, 0) is 48.6 Å². The van der Waals surface area contributed by atoms with Crippen molar-refractivity contribution >= 4 is 32.7 Å². The summed E-state index contributed by atoms with van der Waals surface area (Å²) in [5.74, 6) is -0.618. The van der Waals surface area contributed by atoms with Crippen LogP contribution in [0.2, 0.25) is 0 Å². The quantitative estimate of drug-likeness (QED) is 0.463. The zero-order chi connectivity index (χ0) is 23.3. The molecule has 33 heavy (non-hydrogen) atoms. The van der Waals surface area contributed by atoms with Gasteiger partial charge in [-0.25, -0.2) is 8.42 Å². The zero-order valence-electron chi connectivity index (χ0n) is 18.3. The number of piperidine rings is 1. The van der Waals surface area contributed by atoms with Gasteiger partial charge >= 0.3 is 0 Å². The molecule has 1 aliphatic rings. The number of benzene rings is 2. The van der Waals surface area contributed by atoms with Gasteiger partial charge in [0.25, 0.3) is 0 Å². The molecule has 0 bridgehead atoms. The number of hydrogen-bond acceptors (Lipinski definition) is 4. The number of aromatic nitrogens is 1. The van der Waals surface area contributed by atoms with Crippen LogP contribution in [0.25, 0.3) is 10.9 Å². The number of para-hydroxylation sites is 1. The Balaban J connectivity index is 1.23. The van der Waals surface area contributed by atoms with Crippen molar-refractivity contribution in [3.63, 3.8) is 0 Å². The van der Waals surface area contributed by atoms with Crippen LogP contribution in [0.3, 0.4) is 0 Å². The molecule has 0 aliphatic carbocycles. The van der Waals surface area contributed by atoms with Crippen LogP contribution >= 0.6 is 0 Å². The summed E-state index contributed by atoms with van der Waals surface area (Å²) in [4.78, 5) is 27.7. The Labute approximate surface area is 193 Å². The van der Waals surface area contributed by atoms with Gasteiger partial charge < -0.3 is 4.98 Å². The topological polar surface area (TPSA) is 111 Å². The minimum atomic E-state index is -3.46. The Morgan fingerprint density at radius 1 is 0.909 bits per heavy atom. The lowest BCUT2D eigenvalue weighted by atomic mass is 10.1. The summed E-state index contributed by atoms with van der Waals surface area (Å²) in [7, 11) is -3.46. The number of H-pyrrole nitrogens is 1. The average Bonchev–Trinajstić information content (AvgIpc) is 3.25. The molecule has 1 aliphatic heterocycles. The lowest BCUT2D eigenvalue weighted by Gasteiger charge is -2.25. The molecule has 2 amide bonds. The fraction of sp³-hybridized carbons (Fsp3) is 0.333. The van der Waals surface area contributed by atoms with Gasteiger partial charge in [-0.3, -0.25) is 20.4 Å². The van der Waals surface area contributed by atoms with Gasteiger partial charge in [0.1, 0.15) is 0 Å². The highest BCUT2D eigenvalue weighted by molar-refractivity contribution is 7.89. The first-order valence-corrected chi connectivity index (χ1v) is 12.6. The van der Waals surface area contributed by atoms with E-state index in [9.17, 15) is 18.0 Å². The van der Waals surface area contributed by atoms with Crippen molar-refractivity contribution in [3.8, 4) is 0 Å². The highest BCUT2D eigenvalue weighted by Crippen LogP contribution is 2.21. The van der Waals surface area contributed by atoms with E-state index in [0.29, 0.717) is 19.5 Å². The number of nitrogens with zero attached hydrogens (tertiary/aromatic N) is 1. The summed E-state index contributed by atoms with van der Waals surface area (Å²) in [5.41, 5.74) is 7.56. The van der Waals surface area contributed by atoms with Crippen LogP contribution in [0, 0.1) is 0 Å². The number of carbonyl (C=O) groups excluding carboxylic acids is 2. The second-order valence-corrected chi connectivity index (χ2v) is 10.2. The maximum absolute atomic E-state index is 12.7. The molecule has 0 saturated carbocycles. The predicted molar refractivity (Wildman–Crippen MR) is 126 cm³/mol. The van der Waals surface area contributed by atoms with E-state index in [-0.39, 0.29) is 29.6 Å². The predicted octanol–water partition coefficient (Wildman–Crippen LogP) is 2.67. The number of fused-ring (bicyclic) bond motifs is 1. The van der Waals surface area contributed by atoms with Crippen LogP contribution in [-0.4, -0.2) is 42.6 Å². The van der Waals surface area contributed by atoms with Gasteiger partial charge in [-0.15, -0.1) is 0 Å². The number of aromatic amines is 1. The molecule has 1 aromatic heterocycles. The summed E-state index contributed by atoms with van der Waals surface area (Å²) in [6, 6.07) is 14.4. The smallest absolute Gasteiger partial charge is 0.243 e. The first-order chi connectivity index (χ1) is 15.9. The van der Waals surface area contributed by atoms with E-state index >= 15 is 0 Å². The number of sulfonamides is 1. The third-order valence-corrected chi connectivity index (χ3v) is 7.80. The van der Waals surface area contributed by atoms with Crippen molar-refractivity contribution < 1.29 is 18.0 Å². The molecule has 2 aromatic carbocycles. The first kappa shape index (κ1) is 23.0. The number of aryl methyl sites for hydroxylation is 1. The van der Waals surface area contributed by atoms with Crippen molar-refractivity contribution in [2.45, 2.75) is 43.4 Å². The maximum Gasteiger partial charge on any atom is 0.243 e. The van der Waals surface area contributed by atoms with Crippen molar-refractivity contribution in [3.05, 3.63) is 65.9 Å². The van der Waals surface area contributed by atoms with E-state index in [1.165, 1.54) is 4.31 Å². The van der Waals surface area contributed by atoms with Crippen molar-refractivity contribution in [2.75, 3.05) is 13.1 Å². The molecule has 0 unspecified atom stereocenters. The van der Waals surface area contributed by atoms with Crippen molar-refractivity contribution in [1.82, 2.24) is 20.1 Å². The average molecular weight is 469 g/mol. The summed E-state index contributed by atoms with van der Waals surface area (Å²) < 4.78 is 27.0.